The lowest BCUT2D eigenvalue weighted by Crippen LogP contribution is -2.15. The highest BCUT2D eigenvalue weighted by atomic mass is 31.2. The summed E-state index contributed by atoms with van der Waals surface area (Å²) in [5.74, 6) is 0. The molecule has 0 bridgehead atoms. The van der Waals surface area contributed by atoms with Crippen molar-refractivity contribution >= 4 is 21.9 Å². The Morgan fingerprint density at radius 1 is 1.13 bits per heavy atom. The Balaban J connectivity index is 0. The van der Waals surface area contributed by atoms with Crippen LogP contribution in [0, 0.1) is 0 Å². The van der Waals surface area contributed by atoms with Crippen LogP contribution in [0.5, 0.6) is 0 Å². The quantitative estimate of drug-likeness (QED) is 0.240. The third kappa shape index (κ3) is 31.6. The standard InChI is InChI=1S/C3H7O6P.H3O4P/c4-1-3(5)2-9-10(6,7)8;1-5(2,3)4/h1,3,5H,2H2,(H2,6,7,8);(H3,1,2,3,4)/t3-;/m0./s1. The number of phosphoric ester groups is 1. The van der Waals surface area contributed by atoms with E-state index in [1.807, 2.05) is 0 Å². The molecule has 0 fully saturated rings. The maximum absolute atomic E-state index is 9.90. The van der Waals surface area contributed by atoms with E-state index in [4.69, 9.17) is 34.1 Å². The summed E-state index contributed by atoms with van der Waals surface area (Å²) >= 11 is 0. The van der Waals surface area contributed by atoms with Gasteiger partial charge in [0.2, 0.25) is 0 Å². The van der Waals surface area contributed by atoms with E-state index in [2.05, 4.69) is 4.52 Å². The van der Waals surface area contributed by atoms with E-state index in [0.29, 0.717) is 0 Å². The highest BCUT2D eigenvalue weighted by molar-refractivity contribution is 7.46. The van der Waals surface area contributed by atoms with Crippen LogP contribution in [0.2, 0.25) is 0 Å². The molecule has 0 saturated heterocycles. The zero-order chi connectivity index (χ0) is 12.7. The zero-order valence-electron chi connectivity index (χ0n) is 7.07. The van der Waals surface area contributed by atoms with Crippen LogP contribution in [0.25, 0.3) is 0 Å². The normalized spacial score (nSPS) is 13.7. The van der Waals surface area contributed by atoms with Gasteiger partial charge in [-0.25, -0.2) is 9.13 Å². The number of rotatable bonds is 4. The zero-order valence-corrected chi connectivity index (χ0v) is 8.86. The van der Waals surface area contributed by atoms with Gasteiger partial charge in [-0.05, 0) is 0 Å². The van der Waals surface area contributed by atoms with Crippen molar-refractivity contribution in [2.75, 3.05) is 6.61 Å². The highest BCUT2D eigenvalue weighted by Gasteiger charge is 2.15. The fourth-order valence-corrected chi connectivity index (χ4v) is 0.560. The lowest BCUT2D eigenvalue weighted by Gasteiger charge is -2.04. The molecule has 0 saturated carbocycles. The van der Waals surface area contributed by atoms with E-state index in [-0.39, 0.29) is 6.29 Å². The van der Waals surface area contributed by atoms with Crippen molar-refractivity contribution in [2.24, 2.45) is 0 Å². The van der Waals surface area contributed by atoms with Crippen molar-refractivity contribution in [3.63, 3.8) is 0 Å². The molecule has 92 valence electrons. The topological polar surface area (TPSA) is 182 Å². The first-order valence-corrected chi connectivity index (χ1v) is 6.17. The Kier molecular flexibility index (Phi) is 8.25. The van der Waals surface area contributed by atoms with Crippen LogP contribution in [-0.2, 0) is 18.4 Å². The third-order valence-electron chi connectivity index (χ3n) is 0.571. The molecule has 6 N–H and O–H groups in total. The van der Waals surface area contributed by atoms with Gasteiger partial charge in [0.05, 0.1) is 6.61 Å². The molecule has 0 aromatic rings. The Bertz CT molecular complexity index is 254. The molecule has 0 aromatic heterocycles. The summed E-state index contributed by atoms with van der Waals surface area (Å²) in [4.78, 5) is 47.2. The van der Waals surface area contributed by atoms with Crippen molar-refractivity contribution in [1.29, 1.82) is 0 Å². The average molecular weight is 268 g/mol. The van der Waals surface area contributed by atoms with Gasteiger partial charge in [0.1, 0.15) is 6.10 Å². The van der Waals surface area contributed by atoms with Crippen LogP contribution in [-0.4, -0.2) is 48.6 Å². The molecule has 0 aliphatic carbocycles. The molecule has 0 aromatic carbocycles. The van der Waals surface area contributed by atoms with E-state index in [1.165, 1.54) is 0 Å². The molecule has 0 amide bonds. The van der Waals surface area contributed by atoms with E-state index in [1.54, 1.807) is 0 Å². The fourth-order valence-electron chi connectivity index (χ4n) is 0.213. The van der Waals surface area contributed by atoms with Crippen molar-refractivity contribution in [2.45, 2.75) is 6.10 Å². The van der Waals surface area contributed by atoms with Crippen molar-refractivity contribution < 1.29 is 48.0 Å². The molecule has 0 radical (unpaired) electrons. The lowest BCUT2D eigenvalue weighted by molar-refractivity contribution is -0.116. The molecule has 0 rings (SSSR count). The van der Waals surface area contributed by atoms with E-state index in [9.17, 15) is 9.36 Å². The summed E-state index contributed by atoms with van der Waals surface area (Å²) in [6, 6.07) is 0. The predicted molar refractivity (Wildman–Crippen MR) is 44.3 cm³/mol. The summed E-state index contributed by atoms with van der Waals surface area (Å²) in [5, 5.41) is 8.38. The third-order valence-corrected chi connectivity index (χ3v) is 1.06. The molecule has 12 heteroatoms. The molecular formula is C3H10O10P2. The number of carbonyl (C=O) groups is 1. The minimum absolute atomic E-state index is 0.121. The summed E-state index contributed by atoms with van der Waals surface area (Å²) in [7, 11) is -9.19. The van der Waals surface area contributed by atoms with Crippen LogP contribution < -0.4 is 0 Å². The average Bonchev–Trinajstić information content (AvgIpc) is 1.95. The Morgan fingerprint density at radius 2 is 1.47 bits per heavy atom. The summed E-state index contributed by atoms with van der Waals surface area (Å²) in [6.07, 6.45) is -1.36. The minimum atomic E-state index is -4.64. The SMILES string of the molecule is O=C[C@H](O)COP(=O)(O)O.O=P(O)(O)O. The number of aldehydes is 1. The molecule has 10 nitrogen and oxygen atoms in total. The Hall–Kier alpha value is -0.150. The smallest absolute Gasteiger partial charge is 0.383 e. The van der Waals surface area contributed by atoms with Gasteiger partial charge in [-0.2, -0.15) is 0 Å². The van der Waals surface area contributed by atoms with Gasteiger partial charge in [0.15, 0.2) is 6.29 Å². The van der Waals surface area contributed by atoms with E-state index < -0.39 is 28.4 Å². The molecular weight excluding hydrogens is 258 g/mol. The largest absolute Gasteiger partial charge is 0.469 e. The first-order chi connectivity index (χ1) is 6.45. The summed E-state index contributed by atoms with van der Waals surface area (Å²) in [6.45, 7) is -0.687. The van der Waals surface area contributed by atoms with Gasteiger partial charge in [-0.3, -0.25) is 4.52 Å². The van der Waals surface area contributed by atoms with Crippen LogP contribution >= 0.6 is 15.6 Å². The number of aliphatic hydroxyl groups is 1. The van der Waals surface area contributed by atoms with Crippen molar-refractivity contribution in [1.82, 2.24) is 0 Å². The number of carbonyl (C=O) groups excluding carboxylic acids is 1. The number of aliphatic hydroxyl groups excluding tert-OH is 1. The second-order valence-electron chi connectivity index (χ2n) is 2.00. The first kappa shape index (κ1) is 17.3. The minimum Gasteiger partial charge on any atom is -0.383 e. The van der Waals surface area contributed by atoms with Gasteiger partial charge < -0.3 is 34.4 Å². The van der Waals surface area contributed by atoms with E-state index >= 15 is 0 Å². The van der Waals surface area contributed by atoms with Crippen LogP contribution in [0.4, 0.5) is 0 Å². The second kappa shape index (κ2) is 7.18. The van der Waals surface area contributed by atoms with Gasteiger partial charge in [0, 0.05) is 0 Å². The second-order valence-corrected chi connectivity index (χ2v) is 4.27. The molecule has 0 aliphatic heterocycles. The molecule has 15 heavy (non-hydrogen) atoms. The predicted octanol–water partition coefficient (Wildman–Crippen LogP) is -2.27. The van der Waals surface area contributed by atoms with Crippen LogP contribution in [0.3, 0.4) is 0 Å². The van der Waals surface area contributed by atoms with Gasteiger partial charge in [0.25, 0.3) is 0 Å². The maximum atomic E-state index is 9.90. The fraction of sp³-hybridized carbons (Fsp3) is 0.667. The van der Waals surface area contributed by atoms with Crippen molar-refractivity contribution in [3.8, 4) is 0 Å². The highest BCUT2D eigenvalue weighted by Crippen LogP contribution is 2.35. The van der Waals surface area contributed by atoms with Gasteiger partial charge in [-0.15, -0.1) is 0 Å². The Labute approximate surface area is 83.6 Å². The monoisotopic (exact) mass is 268 g/mol. The summed E-state index contributed by atoms with van der Waals surface area (Å²) < 4.78 is 22.5. The summed E-state index contributed by atoms with van der Waals surface area (Å²) in [5.41, 5.74) is 0. The van der Waals surface area contributed by atoms with Crippen molar-refractivity contribution in [3.05, 3.63) is 0 Å². The Morgan fingerprint density at radius 3 is 1.67 bits per heavy atom. The number of hydrogen-bond donors (Lipinski definition) is 6. The number of hydrogen-bond acceptors (Lipinski definition) is 5. The molecule has 0 unspecified atom stereocenters. The lowest BCUT2D eigenvalue weighted by atomic mass is 10.4. The molecule has 0 spiro atoms. The number of phosphoric acid groups is 2. The van der Waals surface area contributed by atoms with Gasteiger partial charge in [-0.1, -0.05) is 0 Å². The maximum Gasteiger partial charge on any atom is 0.469 e. The van der Waals surface area contributed by atoms with E-state index in [0.717, 1.165) is 0 Å². The molecule has 0 aliphatic rings. The molecule has 0 heterocycles. The first-order valence-electron chi connectivity index (χ1n) is 3.07. The van der Waals surface area contributed by atoms with Gasteiger partial charge >= 0.3 is 15.6 Å². The van der Waals surface area contributed by atoms with Crippen LogP contribution in [0.15, 0.2) is 0 Å². The molecule has 1 atom stereocenters. The van der Waals surface area contributed by atoms with Crippen LogP contribution in [0.1, 0.15) is 0 Å².